The van der Waals surface area contributed by atoms with Crippen LogP contribution in [0.15, 0.2) is 0 Å². The Labute approximate surface area is 112 Å². The first-order valence-electron chi connectivity index (χ1n) is 6.62. The molecule has 0 aliphatic heterocycles. The first kappa shape index (κ1) is 18.4. The van der Waals surface area contributed by atoms with Gasteiger partial charge >= 0.3 is 0 Å². The summed E-state index contributed by atoms with van der Waals surface area (Å²) in [5, 5.41) is 0. The Morgan fingerprint density at radius 1 is 0.600 bits per heavy atom. The van der Waals surface area contributed by atoms with Crippen LogP contribution in [0, 0.1) is 0 Å². The molecule has 0 aromatic heterocycles. The molecule has 0 saturated heterocycles. The quantitative estimate of drug-likeness (QED) is 0.280. The van der Waals surface area contributed by atoms with Crippen molar-refractivity contribution in [3.63, 3.8) is 0 Å². The van der Waals surface area contributed by atoms with Crippen molar-refractivity contribution in [2.24, 2.45) is 0 Å². The van der Waals surface area contributed by atoms with Crippen LogP contribution < -0.4 is 0 Å². The van der Waals surface area contributed by atoms with Crippen molar-refractivity contribution < 1.29 is 19.5 Å². The number of hydrogen-bond donors (Lipinski definition) is 0. The summed E-state index contributed by atoms with van der Waals surface area (Å²) < 4.78 is 0. The summed E-state index contributed by atoms with van der Waals surface area (Å²) in [4.78, 5) is 0. The minimum atomic E-state index is 0. The van der Waals surface area contributed by atoms with Crippen molar-refractivity contribution >= 4 is 9.24 Å². The zero-order chi connectivity index (χ0) is 10.5. The third-order valence-corrected chi connectivity index (χ3v) is 3.22. The molecule has 0 spiro atoms. The van der Waals surface area contributed by atoms with Gasteiger partial charge in [0.1, 0.15) is 0 Å². The molecule has 0 bridgehead atoms. The van der Waals surface area contributed by atoms with Crippen LogP contribution in [0.25, 0.3) is 0 Å². The third-order valence-electron chi connectivity index (χ3n) is 2.81. The summed E-state index contributed by atoms with van der Waals surface area (Å²) in [5.74, 6) is 0. The van der Waals surface area contributed by atoms with Gasteiger partial charge in [0, 0.05) is 19.5 Å². The van der Waals surface area contributed by atoms with Crippen LogP contribution in [0.4, 0.5) is 0 Å². The summed E-state index contributed by atoms with van der Waals surface area (Å²) >= 11 is 0. The molecule has 1 unspecified atom stereocenters. The molecule has 0 aromatic rings. The Balaban J connectivity index is 0. The van der Waals surface area contributed by atoms with Gasteiger partial charge in [-0.2, -0.15) is 0 Å². The molecular weight excluding hydrogens is 288 g/mol. The van der Waals surface area contributed by atoms with Crippen molar-refractivity contribution in [3.8, 4) is 0 Å². The molecule has 0 N–H and O–H groups in total. The Morgan fingerprint density at radius 3 is 1.27 bits per heavy atom. The van der Waals surface area contributed by atoms with Gasteiger partial charge in [-0.1, -0.05) is 71.1 Å². The number of unbranched alkanes of at least 4 members (excludes halogenated alkanes) is 10. The van der Waals surface area contributed by atoms with E-state index in [4.69, 9.17) is 0 Å². The Kier molecular flexibility index (Phi) is 21.4. The van der Waals surface area contributed by atoms with E-state index in [1.165, 1.54) is 76.8 Å². The van der Waals surface area contributed by atoms with E-state index in [2.05, 4.69) is 16.2 Å². The van der Waals surface area contributed by atoms with Gasteiger partial charge < -0.3 is 0 Å². The number of hydrogen-bond acceptors (Lipinski definition) is 0. The van der Waals surface area contributed by atoms with Gasteiger partial charge in [0.25, 0.3) is 0 Å². The van der Waals surface area contributed by atoms with Gasteiger partial charge in [-0.3, -0.25) is 0 Å². The molecule has 0 aliphatic rings. The zero-order valence-corrected chi connectivity index (χ0v) is 13.3. The van der Waals surface area contributed by atoms with Gasteiger partial charge in [0.2, 0.25) is 0 Å². The van der Waals surface area contributed by atoms with Crippen molar-refractivity contribution in [3.05, 3.63) is 0 Å². The third kappa shape index (κ3) is 17.7. The topological polar surface area (TPSA) is 0 Å². The van der Waals surface area contributed by atoms with E-state index in [1.807, 2.05) is 0 Å². The Morgan fingerprint density at radius 2 is 0.933 bits per heavy atom. The molecule has 15 heavy (non-hydrogen) atoms. The van der Waals surface area contributed by atoms with E-state index >= 15 is 0 Å². The Bertz CT molecular complexity index is 84.5. The first-order valence-corrected chi connectivity index (χ1v) is 7.43. The molecule has 2 heteroatoms. The van der Waals surface area contributed by atoms with Gasteiger partial charge in [-0.15, -0.1) is 9.24 Å². The maximum atomic E-state index is 2.81. The van der Waals surface area contributed by atoms with Gasteiger partial charge in [-0.05, 0) is 12.6 Å². The van der Waals surface area contributed by atoms with Crippen LogP contribution in [0.2, 0.25) is 0 Å². The average molecular weight is 317 g/mol. The van der Waals surface area contributed by atoms with Crippen LogP contribution in [0.1, 0.15) is 77.6 Å². The SMILES string of the molecule is CCCCCCCCCCCCCP.[Ru]. The predicted molar refractivity (Wildman–Crippen MR) is 71.0 cm³/mol. The standard InChI is InChI=1S/C13H29P.Ru/c1-2-3-4-5-6-7-8-9-10-11-12-13-14;/h2-14H2,1H3;. The fourth-order valence-electron chi connectivity index (χ4n) is 1.81. The fourth-order valence-corrected chi connectivity index (χ4v) is 2.10. The fraction of sp³-hybridized carbons (Fsp3) is 1.00. The molecule has 0 rings (SSSR count). The van der Waals surface area contributed by atoms with Crippen molar-refractivity contribution in [1.29, 1.82) is 0 Å². The van der Waals surface area contributed by atoms with Crippen LogP contribution >= 0.6 is 9.24 Å². The summed E-state index contributed by atoms with van der Waals surface area (Å²) in [6.45, 7) is 2.28. The van der Waals surface area contributed by atoms with Gasteiger partial charge in [-0.25, -0.2) is 0 Å². The summed E-state index contributed by atoms with van der Waals surface area (Å²) in [6, 6.07) is 0. The van der Waals surface area contributed by atoms with E-state index < -0.39 is 0 Å². The van der Waals surface area contributed by atoms with Gasteiger partial charge in [0.15, 0.2) is 0 Å². The minimum absolute atomic E-state index is 0. The van der Waals surface area contributed by atoms with Crippen LogP contribution in [-0.2, 0) is 19.5 Å². The molecule has 0 aromatic carbocycles. The molecule has 0 aliphatic carbocycles. The van der Waals surface area contributed by atoms with E-state index in [9.17, 15) is 0 Å². The summed E-state index contributed by atoms with van der Waals surface area (Å²) in [7, 11) is 2.81. The second kappa shape index (κ2) is 17.4. The Hall–Kier alpha value is 1.05. The predicted octanol–water partition coefficient (Wildman–Crippen LogP) is 5.17. The molecule has 0 saturated carbocycles. The van der Waals surface area contributed by atoms with Crippen molar-refractivity contribution in [2.75, 3.05) is 6.16 Å². The van der Waals surface area contributed by atoms with E-state index in [0.29, 0.717) is 0 Å². The first-order chi connectivity index (χ1) is 6.91. The minimum Gasteiger partial charge on any atom is -0.138 e. The van der Waals surface area contributed by atoms with E-state index in [1.54, 1.807) is 0 Å². The van der Waals surface area contributed by atoms with Crippen LogP contribution in [0.3, 0.4) is 0 Å². The molecule has 0 amide bonds. The maximum Gasteiger partial charge on any atom is 0 e. The molecule has 0 fully saturated rings. The van der Waals surface area contributed by atoms with Crippen molar-refractivity contribution in [2.45, 2.75) is 77.6 Å². The summed E-state index contributed by atoms with van der Waals surface area (Å²) in [6.07, 6.45) is 17.2. The second-order valence-corrected chi connectivity index (χ2v) is 4.90. The molecule has 1 atom stereocenters. The monoisotopic (exact) mass is 318 g/mol. The molecule has 0 heterocycles. The maximum absolute atomic E-state index is 2.81. The normalized spacial score (nSPS) is 10.0. The average Bonchev–Trinajstić information content (AvgIpc) is 2.21. The van der Waals surface area contributed by atoms with E-state index in [0.717, 1.165) is 0 Å². The number of rotatable bonds is 11. The smallest absolute Gasteiger partial charge is 0 e. The van der Waals surface area contributed by atoms with Crippen LogP contribution in [-0.4, -0.2) is 6.16 Å². The molecule has 0 radical (unpaired) electrons. The zero-order valence-electron chi connectivity index (χ0n) is 10.4. The second-order valence-electron chi connectivity index (χ2n) is 4.32. The van der Waals surface area contributed by atoms with Crippen molar-refractivity contribution in [1.82, 2.24) is 0 Å². The largest absolute Gasteiger partial charge is 0.138 e. The molecular formula is C13H29PRu. The molecule has 94 valence electrons. The van der Waals surface area contributed by atoms with Gasteiger partial charge in [0.05, 0.1) is 0 Å². The van der Waals surface area contributed by atoms with Crippen LogP contribution in [0.5, 0.6) is 0 Å². The summed E-state index contributed by atoms with van der Waals surface area (Å²) in [5.41, 5.74) is 0. The molecule has 0 nitrogen and oxygen atoms in total. The van der Waals surface area contributed by atoms with E-state index in [-0.39, 0.29) is 19.5 Å².